The molecule has 0 fully saturated rings. The lowest BCUT2D eigenvalue weighted by Gasteiger charge is -2.25. The Morgan fingerprint density at radius 3 is 2.11 bits per heavy atom. The molecule has 0 unspecified atom stereocenters. The molecule has 0 saturated carbocycles. The molecular weight excluding hydrogens is 277 g/mol. The van der Waals surface area contributed by atoms with Crippen molar-refractivity contribution < 1.29 is 14.7 Å². The van der Waals surface area contributed by atoms with Crippen molar-refractivity contribution in [3.05, 3.63) is 33.8 Å². The summed E-state index contributed by atoms with van der Waals surface area (Å²) in [5.41, 5.74) is 0.280. The summed E-state index contributed by atoms with van der Waals surface area (Å²) in [4.78, 5) is 24.1. The Morgan fingerprint density at radius 1 is 1.22 bits per heavy atom. The van der Waals surface area contributed by atoms with Crippen LogP contribution in [0.2, 0.25) is 10.0 Å². The zero-order chi connectivity index (χ0) is 13.9. The van der Waals surface area contributed by atoms with Crippen molar-refractivity contribution in [2.24, 2.45) is 0 Å². The quantitative estimate of drug-likeness (QED) is 0.927. The zero-order valence-electron chi connectivity index (χ0n) is 9.98. The van der Waals surface area contributed by atoms with Crippen molar-refractivity contribution in [1.82, 2.24) is 4.90 Å². The van der Waals surface area contributed by atoms with Crippen molar-refractivity contribution >= 4 is 35.1 Å². The monoisotopic (exact) mass is 289 g/mol. The third-order valence-electron chi connectivity index (χ3n) is 2.30. The zero-order valence-corrected chi connectivity index (χ0v) is 11.5. The maximum absolute atomic E-state index is 12.2. The summed E-state index contributed by atoms with van der Waals surface area (Å²) in [6.45, 7) is 3.13. The number of carbonyl (C=O) groups excluding carboxylic acids is 1. The van der Waals surface area contributed by atoms with Gasteiger partial charge in [-0.15, -0.1) is 0 Å². The molecule has 4 nitrogen and oxygen atoms in total. The van der Waals surface area contributed by atoms with Crippen LogP contribution in [-0.2, 0) is 4.79 Å². The maximum Gasteiger partial charge on any atom is 0.323 e. The van der Waals surface area contributed by atoms with Gasteiger partial charge < -0.3 is 10.0 Å². The normalized spacial score (nSPS) is 10.5. The predicted octanol–water partition coefficient (Wildman–Crippen LogP) is 2.93. The Bertz CT molecular complexity index is 454. The molecule has 18 heavy (non-hydrogen) atoms. The Hall–Kier alpha value is -1.26. The molecule has 0 spiro atoms. The molecule has 0 atom stereocenters. The highest BCUT2D eigenvalue weighted by Gasteiger charge is 2.21. The molecule has 1 aromatic carbocycles. The molecule has 0 heterocycles. The van der Waals surface area contributed by atoms with Crippen LogP contribution in [0.1, 0.15) is 24.2 Å². The van der Waals surface area contributed by atoms with Crippen LogP contribution in [0.5, 0.6) is 0 Å². The van der Waals surface area contributed by atoms with E-state index in [1.54, 1.807) is 13.8 Å². The third-order valence-corrected chi connectivity index (χ3v) is 2.74. The molecule has 1 N–H and O–H groups in total. The lowest BCUT2D eigenvalue weighted by Crippen LogP contribution is -2.40. The number of halogens is 2. The number of hydrogen-bond acceptors (Lipinski definition) is 2. The van der Waals surface area contributed by atoms with Crippen molar-refractivity contribution in [1.29, 1.82) is 0 Å². The summed E-state index contributed by atoms with van der Waals surface area (Å²) >= 11 is 11.6. The Balaban J connectivity index is 3.05. The molecule has 0 aliphatic heterocycles. The van der Waals surface area contributed by atoms with Crippen LogP contribution in [-0.4, -0.2) is 34.5 Å². The molecule has 0 radical (unpaired) electrons. The van der Waals surface area contributed by atoms with Crippen molar-refractivity contribution in [3.8, 4) is 0 Å². The van der Waals surface area contributed by atoms with Gasteiger partial charge in [0.05, 0.1) is 0 Å². The second kappa shape index (κ2) is 6.07. The van der Waals surface area contributed by atoms with Gasteiger partial charge in [-0.05, 0) is 32.0 Å². The molecule has 1 aromatic rings. The summed E-state index contributed by atoms with van der Waals surface area (Å²) in [7, 11) is 0. The minimum absolute atomic E-state index is 0.230. The fraction of sp³-hybridized carbons (Fsp3) is 0.333. The number of rotatable bonds is 4. The smallest absolute Gasteiger partial charge is 0.323 e. The Kier molecular flexibility index (Phi) is 4.99. The number of nitrogens with zero attached hydrogens (tertiary/aromatic N) is 1. The third kappa shape index (κ3) is 3.89. The molecule has 0 aliphatic carbocycles. The molecule has 98 valence electrons. The number of carboxylic acid groups (broad SMARTS) is 1. The molecule has 0 aromatic heterocycles. The first kappa shape index (κ1) is 14.8. The number of carbonyl (C=O) groups is 2. The number of hydrogen-bond donors (Lipinski definition) is 1. The number of benzene rings is 1. The van der Waals surface area contributed by atoms with Gasteiger partial charge in [-0.1, -0.05) is 23.2 Å². The van der Waals surface area contributed by atoms with Gasteiger partial charge in [0, 0.05) is 21.7 Å². The van der Waals surface area contributed by atoms with E-state index < -0.39 is 11.9 Å². The van der Waals surface area contributed by atoms with Crippen molar-refractivity contribution in [2.45, 2.75) is 19.9 Å². The lowest BCUT2D eigenvalue weighted by atomic mass is 10.1. The molecule has 0 aliphatic rings. The second-order valence-corrected chi connectivity index (χ2v) is 4.95. The highest BCUT2D eigenvalue weighted by molar-refractivity contribution is 6.35. The van der Waals surface area contributed by atoms with Crippen LogP contribution in [0, 0.1) is 0 Å². The van der Waals surface area contributed by atoms with Crippen LogP contribution in [0.15, 0.2) is 18.2 Å². The van der Waals surface area contributed by atoms with E-state index in [1.165, 1.54) is 23.1 Å². The summed E-state index contributed by atoms with van der Waals surface area (Å²) < 4.78 is 0. The summed E-state index contributed by atoms with van der Waals surface area (Å²) in [5.74, 6) is -1.47. The highest BCUT2D eigenvalue weighted by Crippen LogP contribution is 2.20. The number of carboxylic acids is 1. The van der Waals surface area contributed by atoms with Gasteiger partial charge >= 0.3 is 5.97 Å². The van der Waals surface area contributed by atoms with E-state index in [0.29, 0.717) is 10.0 Å². The van der Waals surface area contributed by atoms with Crippen LogP contribution in [0.25, 0.3) is 0 Å². The van der Waals surface area contributed by atoms with Crippen molar-refractivity contribution in [2.75, 3.05) is 6.54 Å². The molecule has 0 bridgehead atoms. The fourth-order valence-corrected chi connectivity index (χ4v) is 2.00. The van der Waals surface area contributed by atoms with Gasteiger partial charge in [-0.25, -0.2) is 0 Å². The largest absolute Gasteiger partial charge is 0.480 e. The first-order valence-corrected chi connectivity index (χ1v) is 6.05. The SMILES string of the molecule is CC(C)N(CC(=O)O)C(=O)c1cc(Cl)cc(Cl)c1. The van der Waals surface area contributed by atoms with Gasteiger partial charge in [0.1, 0.15) is 6.54 Å². The number of aliphatic carboxylic acids is 1. The topological polar surface area (TPSA) is 57.6 Å². The van der Waals surface area contributed by atoms with Gasteiger partial charge in [0.2, 0.25) is 0 Å². The molecule has 1 amide bonds. The molecule has 6 heteroatoms. The average Bonchev–Trinajstić information content (AvgIpc) is 2.23. The predicted molar refractivity (Wildman–Crippen MR) is 70.3 cm³/mol. The van der Waals surface area contributed by atoms with E-state index in [-0.39, 0.29) is 18.2 Å². The minimum atomic E-state index is -1.06. The van der Waals surface area contributed by atoms with E-state index in [2.05, 4.69) is 0 Å². The Labute approximate surface area is 115 Å². The molecular formula is C12H13Cl2NO3. The van der Waals surface area contributed by atoms with Crippen LogP contribution >= 0.6 is 23.2 Å². The van der Waals surface area contributed by atoms with Gasteiger partial charge in [-0.3, -0.25) is 9.59 Å². The summed E-state index contributed by atoms with van der Waals surface area (Å²) in [5, 5.41) is 9.47. The van der Waals surface area contributed by atoms with Crippen LogP contribution < -0.4 is 0 Å². The number of amides is 1. The Morgan fingerprint density at radius 2 is 1.72 bits per heavy atom. The van der Waals surface area contributed by atoms with E-state index in [0.717, 1.165) is 0 Å². The first-order chi connectivity index (χ1) is 8.31. The summed E-state index contributed by atoms with van der Waals surface area (Å²) in [6, 6.07) is 4.21. The fourth-order valence-electron chi connectivity index (χ4n) is 1.48. The lowest BCUT2D eigenvalue weighted by molar-refractivity contribution is -0.138. The molecule has 0 saturated heterocycles. The standard InChI is InChI=1S/C12H13Cl2NO3/c1-7(2)15(6-11(16)17)12(18)8-3-9(13)5-10(14)4-8/h3-5,7H,6H2,1-2H3,(H,16,17). The average molecular weight is 290 g/mol. The van der Waals surface area contributed by atoms with Crippen LogP contribution in [0.4, 0.5) is 0 Å². The van der Waals surface area contributed by atoms with E-state index >= 15 is 0 Å². The second-order valence-electron chi connectivity index (χ2n) is 4.08. The highest BCUT2D eigenvalue weighted by atomic mass is 35.5. The first-order valence-electron chi connectivity index (χ1n) is 5.30. The molecule has 1 rings (SSSR count). The van der Waals surface area contributed by atoms with Gasteiger partial charge in [0.15, 0.2) is 0 Å². The van der Waals surface area contributed by atoms with Crippen LogP contribution in [0.3, 0.4) is 0 Å². The van der Waals surface area contributed by atoms with E-state index in [1.807, 2.05) is 0 Å². The maximum atomic E-state index is 12.2. The minimum Gasteiger partial charge on any atom is -0.480 e. The van der Waals surface area contributed by atoms with E-state index in [9.17, 15) is 9.59 Å². The van der Waals surface area contributed by atoms with Gasteiger partial charge in [0.25, 0.3) is 5.91 Å². The van der Waals surface area contributed by atoms with Gasteiger partial charge in [-0.2, -0.15) is 0 Å². The van der Waals surface area contributed by atoms with Crippen molar-refractivity contribution in [3.63, 3.8) is 0 Å². The summed E-state index contributed by atoms with van der Waals surface area (Å²) in [6.07, 6.45) is 0. The van der Waals surface area contributed by atoms with E-state index in [4.69, 9.17) is 28.3 Å².